The van der Waals surface area contributed by atoms with Crippen LogP contribution >= 0.6 is 0 Å². The number of aliphatic imine (C=N–C) groups is 1. The van der Waals surface area contributed by atoms with E-state index in [1.165, 1.54) is 12.3 Å². The van der Waals surface area contributed by atoms with Crippen molar-refractivity contribution in [3.8, 4) is 11.5 Å². The number of carboxylic acids is 1. The zero-order valence-corrected chi connectivity index (χ0v) is 18.2. The molecule has 0 saturated carbocycles. The van der Waals surface area contributed by atoms with Crippen LogP contribution in [0.2, 0.25) is 0 Å². The van der Waals surface area contributed by atoms with E-state index in [2.05, 4.69) is 32.7 Å². The van der Waals surface area contributed by atoms with E-state index >= 15 is 0 Å². The molecule has 0 unspecified atom stereocenters. The highest BCUT2D eigenvalue weighted by Gasteiger charge is 2.25. The van der Waals surface area contributed by atoms with E-state index in [-0.39, 0.29) is 5.56 Å². The Labute approximate surface area is 180 Å². The van der Waals surface area contributed by atoms with E-state index in [0.717, 1.165) is 40.6 Å². The third kappa shape index (κ3) is 4.24. The minimum absolute atomic E-state index is 0.220. The van der Waals surface area contributed by atoms with Gasteiger partial charge in [-0.2, -0.15) is 0 Å². The summed E-state index contributed by atoms with van der Waals surface area (Å²) < 4.78 is 7.87. The number of carboxylic acid groups (broad SMARTS) is 1. The Bertz CT molecular complexity index is 1290. The Balaban J connectivity index is 0.000000418. The number of rotatable bonds is 2. The summed E-state index contributed by atoms with van der Waals surface area (Å²) in [5, 5.41) is 10.2. The first-order valence-electron chi connectivity index (χ1n) is 10.4. The van der Waals surface area contributed by atoms with Crippen LogP contribution in [0.3, 0.4) is 0 Å². The number of carbonyl (C=O) groups is 1. The van der Waals surface area contributed by atoms with Crippen LogP contribution in [0.15, 0.2) is 56.9 Å². The lowest BCUT2D eigenvalue weighted by atomic mass is 9.99. The van der Waals surface area contributed by atoms with Crippen LogP contribution in [0.4, 0.5) is 0 Å². The molecule has 4 heterocycles. The molecule has 160 valence electrons. The van der Waals surface area contributed by atoms with Crippen molar-refractivity contribution in [2.24, 2.45) is 10.4 Å². The lowest BCUT2D eigenvalue weighted by molar-refractivity contribution is 0.0694. The minimum atomic E-state index is -1.21. The van der Waals surface area contributed by atoms with Gasteiger partial charge in [0, 0.05) is 42.4 Å². The van der Waals surface area contributed by atoms with Crippen molar-refractivity contribution in [1.82, 2.24) is 4.57 Å². The lowest BCUT2D eigenvalue weighted by Crippen LogP contribution is -2.21. The highest BCUT2D eigenvalue weighted by atomic mass is 16.4. The summed E-state index contributed by atoms with van der Waals surface area (Å²) in [7, 11) is 0. The zero-order chi connectivity index (χ0) is 22.3. The molecule has 0 bridgehead atoms. The highest BCUT2D eigenvalue weighted by Crippen LogP contribution is 2.37. The molecule has 1 N–H and O–H groups in total. The van der Waals surface area contributed by atoms with E-state index < -0.39 is 11.4 Å². The maximum atomic E-state index is 12.1. The van der Waals surface area contributed by atoms with Crippen molar-refractivity contribution in [2.45, 2.75) is 47.1 Å². The molecule has 0 amide bonds. The van der Waals surface area contributed by atoms with Crippen molar-refractivity contribution in [1.29, 1.82) is 0 Å². The van der Waals surface area contributed by atoms with Crippen molar-refractivity contribution < 1.29 is 14.3 Å². The molecular formula is C25H26N2O4. The summed E-state index contributed by atoms with van der Waals surface area (Å²) in [5.41, 5.74) is 4.23. The number of benzene rings is 1. The van der Waals surface area contributed by atoms with Gasteiger partial charge in [0.05, 0.1) is 11.4 Å². The summed E-state index contributed by atoms with van der Waals surface area (Å²) in [5.74, 6) is -0.569. The molecule has 2 aliphatic heterocycles. The Morgan fingerprint density at radius 3 is 2.58 bits per heavy atom. The second-order valence-electron chi connectivity index (χ2n) is 9.47. The summed E-state index contributed by atoms with van der Waals surface area (Å²) in [6.07, 6.45) is 6.74. The van der Waals surface area contributed by atoms with Crippen LogP contribution < -0.4 is 5.43 Å². The van der Waals surface area contributed by atoms with Gasteiger partial charge >= 0.3 is 5.97 Å². The van der Waals surface area contributed by atoms with Crippen LogP contribution in [0.1, 0.15) is 55.6 Å². The SMILES string of the molecule is CC(C)(C)C.O=C(O)c1cn2c(cc1=O)-c1oc3cc(C4=NC=CC4)ccc3c1CC2. The molecule has 6 nitrogen and oxygen atoms in total. The van der Waals surface area contributed by atoms with E-state index in [1.54, 1.807) is 10.8 Å². The third-order valence-electron chi connectivity index (χ3n) is 4.97. The van der Waals surface area contributed by atoms with E-state index in [4.69, 9.17) is 9.52 Å². The van der Waals surface area contributed by atoms with Gasteiger partial charge in [0.25, 0.3) is 0 Å². The van der Waals surface area contributed by atoms with Gasteiger partial charge < -0.3 is 14.1 Å². The van der Waals surface area contributed by atoms with Gasteiger partial charge in [0.2, 0.25) is 0 Å². The summed E-state index contributed by atoms with van der Waals surface area (Å²) in [4.78, 5) is 27.7. The van der Waals surface area contributed by atoms with Gasteiger partial charge in [0.15, 0.2) is 11.2 Å². The van der Waals surface area contributed by atoms with Gasteiger partial charge in [-0.05, 0) is 23.5 Å². The van der Waals surface area contributed by atoms with Crippen molar-refractivity contribution in [3.63, 3.8) is 0 Å². The fourth-order valence-electron chi connectivity index (χ4n) is 3.68. The largest absolute Gasteiger partial charge is 0.477 e. The molecule has 2 aromatic heterocycles. The molecular weight excluding hydrogens is 392 g/mol. The number of allylic oxidation sites excluding steroid dienone is 1. The quantitative estimate of drug-likeness (QED) is 0.614. The van der Waals surface area contributed by atoms with E-state index in [1.807, 2.05) is 24.3 Å². The van der Waals surface area contributed by atoms with E-state index in [9.17, 15) is 9.59 Å². The Hall–Kier alpha value is -3.41. The number of aryl methyl sites for hydroxylation is 2. The molecule has 0 saturated heterocycles. The molecule has 0 radical (unpaired) electrons. The van der Waals surface area contributed by atoms with Crippen LogP contribution in [0.5, 0.6) is 0 Å². The predicted octanol–water partition coefficient (Wildman–Crippen LogP) is 5.27. The molecule has 0 aliphatic carbocycles. The van der Waals surface area contributed by atoms with Crippen LogP contribution in [0.25, 0.3) is 22.4 Å². The molecule has 6 heteroatoms. The highest BCUT2D eigenvalue weighted by molar-refractivity contribution is 6.05. The Kier molecular flexibility index (Phi) is 5.17. The van der Waals surface area contributed by atoms with Gasteiger partial charge in [-0.15, -0.1) is 0 Å². The van der Waals surface area contributed by atoms with Crippen LogP contribution in [0, 0.1) is 5.41 Å². The fraction of sp³-hybridized carbons (Fsp3) is 0.320. The lowest BCUT2D eigenvalue weighted by Gasteiger charge is -2.18. The second kappa shape index (κ2) is 7.69. The first-order valence-corrected chi connectivity index (χ1v) is 10.4. The topological polar surface area (TPSA) is 84.8 Å². The molecule has 3 aromatic rings. The second-order valence-corrected chi connectivity index (χ2v) is 9.47. The number of fused-ring (bicyclic) bond motifs is 5. The summed E-state index contributed by atoms with van der Waals surface area (Å²) >= 11 is 0. The Morgan fingerprint density at radius 2 is 1.94 bits per heavy atom. The molecule has 0 fully saturated rings. The smallest absolute Gasteiger partial charge is 0.341 e. The number of aromatic nitrogens is 1. The number of furan rings is 1. The summed E-state index contributed by atoms with van der Waals surface area (Å²) in [6.45, 7) is 9.36. The Morgan fingerprint density at radius 1 is 1.19 bits per heavy atom. The predicted molar refractivity (Wildman–Crippen MR) is 122 cm³/mol. The first kappa shape index (κ1) is 20.8. The number of aromatic carboxylic acids is 1. The maximum absolute atomic E-state index is 12.1. The van der Waals surface area contributed by atoms with Crippen molar-refractivity contribution in [3.05, 3.63) is 69.7 Å². The van der Waals surface area contributed by atoms with E-state index in [0.29, 0.717) is 23.4 Å². The van der Waals surface area contributed by atoms with Gasteiger partial charge in [0.1, 0.15) is 11.1 Å². The first-order chi connectivity index (χ1) is 14.6. The molecule has 0 spiro atoms. The number of nitrogens with zero attached hydrogens (tertiary/aromatic N) is 2. The zero-order valence-electron chi connectivity index (χ0n) is 18.2. The number of pyridine rings is 1. The molecule has 2 aliphatic rings. The average Bonchev–Trinajstić information content (AvgIpc) is 3.33. The summed E-state index contributed by atoms with van der Waals surface area (Å²) in [6, 6.07) is 7.41. The molecule has 5 rings (SSSR count). The number of hydrogen-bond acceptors (Lipinski definition) is 4. The van der Waals surface area contributed by atoms with Crippen molar-refractivity contribution >= 4 is 22.7 Å². The normalized spacial score (nSPS) is 14.5. The number of hydrogen-bond donors (Lipinski definition) is 1. The molecule has 31 heavy (non-hydrogen) atoms. The molecule has 1 aromatic carbocycles. The van der Waals surface area contributed by atoms with Crippen molar-refractivity contribution in [2.75, 3.05) is 0 Å². The van der Waals surface area contributed by atoms with Crippen LogP contribution in [-0.4, -0.2) is 21.4 Å². The standard InChI is InChI=1S/C20H14N2O4.C5H12/c23-17-9-16-19-13(5-7-22(16)10-14(17)20(24)25)12-4-3-11(8-18(12)26-19)15-2-1-6-21-15;1-5(2,3)4/h1,3-4,6,8-10H,2,5,7H2,(H,24,25);1-4H3. The van der Waals surface area contributed by atoms with Gasteiger partial charge in [-0.1, -0.05) is 45.9 Å². The van der Waals surface area contributed by atoms with Gasteiger partial charge in [-0.3, -0.25) is 9.79 Å². The third-order valence-corrected chi connectivity index (χ3v) is 4.97. The van der Waals surface area contributed by atoms with Gasteiger partial charge in [-0.25, -0.2) is 4.79 Å². The van der Waals surface area contributed by atoms with Crippen LogP contribution in [-0.2, 0) is 13.0 Å². The minimum Gasteiger partial charge on any atom is -0.477 e. The fourth-order valence-corrected chi connectivity index (χ4v) is 3.68. The monoisotopic (exact) mass is 418 g/mol. The molecule has 0 atom stereocenters. The average molecular weight is 418 g/mol. The maximum Gasteiger partial charge on any atom is 0.341 e.